The van der Waals surface area contributed by atoms with Crippen molar-refractivity contribution in [2.24, 2.45) is 0 Å². The van der Waals surface area contributed by atoms with Crippen molar-refractivity contribution in [3.8, 4) is 0 Å². The molecule has 1 atom stereocenters. The Morgan fingerprint density at radius 1 is 0.667 bits per heavy atom. The van der Waals surface area contributed by atoms with Crippen molar-refractivity contribution in [3.05, 3.63) is 144 Å². The number of hydrogen-bond donors (Lipinski definition) is 1. The van der Waals surface area contributed by atoms with E-state index in [4.69, 9.17) is 0 Å². The second-order valence-corrected chi connectivity index (χ2v) is 8.91. The molecule has 4 aromatic carbocycles. The third kappa shape index (κ3) is 6.48. The topological polar surface area (TPSA) is 49.4 Å². The summed E-state index contributed by atoms with van der Waals surface area (Å²) in [5, 5.41) is 2.79. The first-order valence-electron chi connectivity index (χ1n) is 12.3. The highest BCUT2D eigenvalue weighted by Gasteiger charge is 2.31. The molecule has 0 aliphatic carbocycles. The summed E-state index contributed by atoms with van der Waals surface area (Å²) in [4.78, 5) is 29.0. The Bertz CT molecular complexity index is 1190. The maximum Gasteiger partial charge on any atom is 0.242 e. The van der Waals surface area contributed by atoms with Gasteiger partial charge in [0.2, 0.25) is 11.8 Å². The van der Waals surface area contributed by atoms with Gasteiger partial charge in [0, 0.05) is 32.4 Å². The van der Waals surface area contributed by atoms with Gasteiger partial charge in [-0.2, -0.15) is 0 Å². The lowest BCUT2D eigenvalue weighted by molar-refractivity contribution is -0.141. The number of hydrogen-bond acceptors (Lipinski definition) is 2. The fraction of sp³-hybridized carbons (Fsp3) is 0.188. The molecular weight excluding hydrogens is 444 g/mol. The molecule has 0 fully saturated rings. The number of benzene rings is 4. The minimum Gasteiger partial charge on any atom is -0.357 e. The molecule has 0 bridgehead atoms. The molecule has 0 heterocycles. The van der Waals surface area contributed by atoms with Gasteiger partial charge in [-0.05, 0) is 22.3 Å². The van der Waals surface area contributed by atoms with Crippen LogP contribution in [0.4, 0.5) is 0 Å². The molecule has 0 aliphatic heterocycles. The Balaban J connectivity index is 1.70. The number of carbonyl (C=O) groups excluding carboxylic acids is 2. The van der Waals surface area contributed by atoms with E-state index in [1.807, 2.05) is 97.1 Å². The van der Waals surface area contributed by atoms with Gasteiger partial charge in [-0.1, -0.05) is 121 Å². The van der Waals surface area contributed by atoms with Crippen molar-refractivity contribution in [2.45, 2.75) is 31.3 Å². The first kappa shape index (κ1) is 24.9. The van der Waals surface area contributed by atoms with Crippen LogP contribution in [0.15, 0.2) is 121 Å². The number of likely N-dealkylation sites (N-methyl/N-ethyl adjacent to an activating group) is 1. The van der Waals surface area contributed by atoms with E-state index >= 15 is 0 Å². The lowest BCUT2D eigenvalue weighted by Crippen LogP contribution is -2.50. The zero-order valence-corrected chi connectivity index (χ0v) is 20.6. The Morgan fingerprint density at radius 2 is 1.11 bits per heavy atom. The van der Waals surface area contributed by atoms with Gasteiger partial charge in [0.15, 0.2) is 0 Å². The Hall–Kier alpha value is -4.18. The van der Waals surface area contributed by atoms with Crippen LogP contribution >= 0.6 is 0 Å². The van der Waals surface area contributed by atoms with Crippen LogP contribution in [0.2, 0.25) is 0 Å². The zero-order valence-electron chi connectivity index (χ0n) is 20.6. The van der Waals surface area contributed by atoms with E-state index in [0.717, 1.165) is 22.3 Å². The highest BCUT2D eigenvalue weighted by molar-refractivity contribution is 5.88. The van der Waals surface area contributed by atoms with Crippen LogP contribution in [0.3, 0.4) is 0 Å². The van der Waals surface area contributed by atoms with Crippen LogP contribution in [-0.2, 0) is 22.6 Å². The molecule has 0 aliphatic rings. The lowest BCUT2D eigenvalue weighted by atomic mass is 9.87. The van der Waals surface area contributed by atoms with Crippen LogP contribution in [0.1, 0.15) is 34.6 Å². The SMILES string of the molecule is CNC(=O)[C@H](Cc1ccccc1)N(Cc1ccccc1)C(=O)CC(c1ccccc1)c1ccccc1. The predicted molar refractivity (Wildman–Crippen MR) is 144 cm³/mol. The van der Waals surface area contributed by atoms with Gasteiger partial charge in [0.1, 0.15) is 6.04 Å². The summed E-state index contributed by atoms with van der Waals surface area (Å²) in [5.74, 6) is -0.333. The van der Waals surface area contributed by atoms with Gasteiger partial charge >= 0.3 is 0 Å². The number of nitrogens with one attached hydrogen (secondary N) is 1. The monoisotopic (exact) mass is 476 g/mol. The average Bonchev–Trinajstić information content (AvgIpc) is 2.95. The minimum absolute atomic E-state index is 0.0545. The van der Waals surface area contributed by atoms with Crippen molar-refractivity contribution in [1.29, 1.82) is 0 Å². The number of nitrogens with zero attached hydrogens (tertiary/aromatic N) is 1. The van der Waals surface area contributed by atoms with E-state index in [0.29, 0.717) is 13.0 Å². The molecule has 0 spiro atoms. The number of amides is 2. The maximum absolute atomic E-state index is 14.1. The zero-order chi connectivity index (χ0) is 25.2. The quantitative estimate of drug-likeness (QED) is 0.324. The van der Waals surface area contributed by atoms with Crippen molar-refractivity contribution < 1.29 is 9.59 Å². The van der Waals surface area contributed by atoms with Crippen LogP contribution in [0.5, 0.6) is 0 Å². The smallest absolute Gasteiger partial charge is 0.242 e. The van der Waals surface area contributed by atoms with Crippen LogP contribution < -0.4 is 5.32 Å². The van der Waals surface area contributed by atoms with Gasteiger partial charge in [0.05, 0.1) is 0 Å². The van der Waals surface area contributed by atoms with Crippen molar-refractivity contribution in [1.82, 2.24) is 10.2 Å². The second-order valence-electron chi connectivity index (χ2n) is 8.91. The Labute approximate surface area is 213 Å². The summed E-state index contributed by atoms with van der Waals surface area (Å²) in [5.41, 5.74) is 4.16. The molecule has 4 aromatic rings. The molecule has 0 aromatic heterocycles. The summed E-state index contributed by atoms with van der Waals surface area (Å²) >= 11 is 0. The van der Waals surface area contributed by atoms with Crippen molar-refractivity contribution >= 4 is 11.8 Å². The molecule has 4 rings (SSSR count). The highest BCUT2D eigenvalue weighted by Crippen LogP contribution is 2.29. The Kier molecular flexibility index (Phi) is 8.66. The molecule has 0 saturated carbocycles. The van der Waals surface area contributed by atoms with E-state index in [-0.39, 0.29) is 24.2 Å². The summed E-state index contributed by atoms with van der Waals surface area (Å²) < 4.78 is 0. The first-order chi connectivity index (χ1) is 17.7. The number of carbonyl (C=O) groups is 2. The van der Waals surface area contributed by atoms with Crippen LogP contribution in [0.25, 0.3) is 0 Å². The molecule has 2 amide bonds. The summed E-state index contributed by atoms with van der Waals surface area (Å²) in [6.07, 6.45) is 0.712. The third-order valence-corrected chi connectivity index (χ3v) is 6.50. The fourth-order valence-corrected chi connectivity index (χ4v) is 4.59. The highest BCUT2D eigenvalue weighted by atomic mass is 16.2. The van der Waals surface area contributed by atoms with Gasteiger partial charge in [-0.15, -0.1) is 0 Å². The van der Waals surface area contributed by atoms with Crippen LogP contribution in [0, 0.1) is 0 Å². The molecule has 0 saturated heterocycles. The summed E-state index contributed by atoms with van der Waals surface area (Å²) in [6, 6.07) is 39.3. The first-order valence-corrected chi connectivity index (χ1v) is 12.3. The van der Waals surface area contributed by atoms with Crippen LogP contribution in [-0.4, -0.2) is 29.8 Å². The van der Waals surface area contributed by atoms with Gasteiger partial charge in [-0.25, -0.2) is 0 Å². The molecule has 4 nitrogen and oxygen atoms in total. The maximum atomic E-state index is 14.1. The fourth-order valence-electron chi connectivity index (χ4n) is 4.59. The second kappa shape index (κ2) is 12.5. The van der Waals surface area contributed by atoms with Crippen molar-refractivity contribution in [2.75, 3.05) is 7.05 Å². The lowest BCUT2D eigenvalue weighted by Gasteiger charge is -2.32. The predicted octanol–water partition coefficient (Wildman–Crippen LogP) is 5.59. The standard InChI is InChI=1S/C32H32N2O2/c1-33-32(36)30(22-25-14-6-2-7-15-25)34(24-26-16-8-3-9-17-26)31(35)23-29(27-18-10-4-11-19-27)28-20-12-5-13-21-28/h2-21,29-30H,22-24H2,1H3,(H,33,36)/t30-/m0/s1. The molecule has 1 N–H and O–H groups in total. The molecule has 182 valence electrons. The molecule has 36 heavy (non-hydrogen) atoms. The van der Waals surface area contributed by atoms with E-state index < -0.39 is 6.04 Å². The van der Waals surface area contributed by atoms with Gasteiger partial charge in [0.25, 0.3) is 0 Å². The molecule has 4 heteroatoms. The van der Waals surface area contributed by atoms with Crippen molar-refractivity contribution in [3.63, 3.8) is 0 Å². The molecule has 0 radical (unpaired) electrons. The van der Waals surface area contributed by atoms with E-state index in [2.05, 4.69) is 29.6 Å². The minimum atomic E-state index is -0.627. The Morgan fingerprint density at radius 3 is 1.58 bits per heavy atom. The van der Waals surface area contributed by atoms with Gasteiger partial charge in [-0.3, -0.25) is 9.59 Å². The average molecular weight is 477 g/mol. The number of rotatable bonds is 10. The van der Waals surface area contributed by atoms with Gasteiger partial charge < -0.3 is 10.2 Å². The normalized spacial score (nSPS) is 11.6. The summed E-state index contributed by atoms with van der Waals surface area (Å²) in [6.45, 7) is 0.362. The van der Waals surface area contributed by atoms with E-state index in [9.17, 15) is 9.59 Å². The molecule has 0 unspecified atom stereocenters. The van der Waals surface area contributed by atoms with E-state index in [1.54, 1.807) is 11.9 Å². The molecular formula is C32H32N2O2. The summed E-state index contributed by atoms with van der Waals surface area (Å²) in [7, 11) is 1.63. The third-order valence-electron chi connectivity index (χ3n) is 6.50. The largest absolute Gasteiger partial charge is 0.357 e. The van der Waals surface area contributed by atoms with E-state index in [1.165, 1.54) is 0 Å².